The summed E-state index contributed by atoms with van der Waals surface area (Å²) in [5.41, 5.74) is 0.406. The Morgan fingerprint density at radius 1 is 1.25 bits per heavy atom. The summed E-state index contributed by atoms with van der Waals surface area (Å²) in [6, 6.07) is 5.09. The quantitative estimate of drug-likeness (QED) is 0.907. The summed E-state index contributed by atoms with van der Waals surface area (Å²) in [5, 5.41) is 9.21. The van der Waals surface area contributed by atoms with Gasteiger partial charge in [0.1, 0.15) is 5.82 Å². The first-order valence-electron chi connectivity index (χ1n) is 6.25. The van der Waals surface area contributed by atoms with Gasteiger partial charge in [0.2, 0.25) is 0 Å². The number of carboxylic acid groups (broad SMARTS) is 1. The second-order valence-corrected chi connectivity index (χ2v) is 8.52. The normalized spacial score (nSPS) is 14.0. The fourth-order valence-electron chi connectivity index (χ4n) is 1.71. The molecule has 4 nitrogen and oxygen atoms in total. The maximum atomic E-state index is 12.8. The lowest BCUT2D eigenvalue weighted by molar-refractivity contribution is -0.138. The molecule has 1 aromatic rings. The molecule has 0 aliphatic rings. The molecule has 0 saturated heterocycles. The Morgan fingerprint density at radius 2 is 1.75 bits per heavy atom. The molecule has 1 atom stereocenters. The van der Waals surface area contributed by atoms with E-state index in [0.29, 0.717) is 5.56 Å². The molecule has 6 heteroatoms. The molecule has 1 aromatic carbocycles. The van der Waals surface area contributed by atoms with Gasteiger partial charge in [0.25, 0.3) is 0 Å². The van der Waals surface area contributed by atoms with Gasteiger partial charge in [-0.05, 0) is 44.9 Å². The van der Waals surface area contributed by atoms with Gasteiger partial charge in [0.15, 0.2) is 9.84 Å². The van der Waals surface area contributed by atoms with Crippen LogP contribution in [0.4, 0.5) is 4.39 Å². The van der Waals surface area contributed by atoms with Gasteiger partial charge < -0.3 is 5.11 Å². The molecule has 1 rings (SSSR count). The van der Waals surface area contributed by atoms with Crippen LogP contribution in [0, 0.1) is 5.82 Å². The lowest BCUT2D eigenvalue weighted by Crippen LogP contribution is -2.31. The Bertz CT molecular complexity index is 570. The number of hydrogen-bond acceptors (Lipinski definition) is 3. The summed E-state index contributed by atoms with van der Waals surface area (Å²) >= 11 is 0. The highest BCUT2D eigenvalue weighted by atomic mass is 32.2. The van der Waals surface area contributed by atoms with Crippen LogP contribution in [0.3, 0.4) is 0 Å². The molecule has 20 heavy (non-hydrogen) atoms. The number of hydrogen-bond donors (Lipinski definition) is 1. The van der Waals surface area contributed by atoms with Gasteiger partial charge in [-0.25, -0.2) is 12.8 Å². The maximum Gasteiger partial charge on any atom is 0.311 e. The molecule has 0 spiro atoms. The number of aliphatic carboxylic acids is 1. The number of benzene rings is 1. The third-order valence-corrected chi connectivity index (χ3v) is 5.82. The molecular weight excluding hydrogens is 283 g/mol. The van der Waals surface area contributed by atoms with E-state index < -0.39 is 32.3 Å². The predicted octanol–water partition coefficient (Wildman–Crippen LogP) is 2.60. The number of halogens is 1. The number of sulfone groups is 1. The van der Waals surface area contributed by atoms with Crippen molar-refractivity contribution in [2.24, 2.45) is 0 Å². The summed E-state index contributed by atoms with van der Waals surface area (Å²) in [7, 11) is -3.38. The molecular formula is C14H19FO4S. The molecule has 0 bridgehead atoms. The minimum absolute atomic E-state index is 0.0272. The first-order chi connectivity index (χ1) is 9.04. The summed E-state index contributed by atoms with van der Waals surface area (Å²) < 4.78 is 35.9. The van der Waals surface area contributed by atoms with Gasteiger partial charge in [-0.1, -0.05) is 12.1 Å². The Morgan fingerprint density at radius 3 is 2.15 bits per heavy atom. The molecule has 0 saturated carbocycles. The number of carbonyl (C=O) groups is 1. The molecule has 1 unspecified atom stereocenters. The summed E-state index contributed by atoms with van der Waals surface area (Å²) in [4.78, 5) is 11.3. The highest BCUT2D eigenvalue weighted by molar-refractivity contribution is 7.92. The molecule has 1 N–H and O–H groups in total. The van der Waals surface area contributed by atoms with Gasteiger partial charge in [-0.3, -0.25) is 4.79 Å². The standard InChI is InChI=1S/C14H19FO4S/c1-14(2,3)20(18,19)9-8-12(13(16)17)10-4-6-11(15)7-5-10/h4-7,12H,8-9H2,1-3H3,(H,16,17). The highest BCUT2D eigenvalue weighted by Crippen LogP contribution is 2.24. The molecule has 0 radical (unpaired) electrons. The van der Waals surface area contributed by atoms with Crippen LogP contribution in [-0.2, 0) is 14.6 Å². The van der Waals surface area contributed by atoms with Crippen LogP contribution in [0.15, 0.2) is 24.3 Å². The zero-order valence-corrected chi connectivity index (χ0v) is 12.6. The molecule has 0 aromatic heterocycles. The van der Waals surface area contributed by atoms with Crippen LogP contribution < -0.4 is 0 Å². The van der Waals surface area contributed by atoms with Crippen LogP contribution in [-0.4, -0.2) is 30.0 Å². The van der Waals surface area contributed by atoms with E-state index in [1.165, 1.54) is 24.3 Å². The SMILES string of the molecule is CC(C)(C)S(=O)(=O)CCC(C(=O)O)c1ccc(F)cc1. The summed E-state index contributed by atoms with van der Waals surface area (Å²) in [6.45, 7) is 4.74. The van der Waals surface area contributed by atoms with E-state index in [9.17, 15) is 22.7 Å². The largest absolute Gasteiger partial charge is 0.481 e. The van der Waals surface area contributed by atoms with Crippen molar-refractivity contribution in [1.29, 1.82) is 0 Å². The van der Waals surface area contributed by atoms with E-state index in [1.54, 1.807) is 20.8 Å². The minimum atomic E-state index is -3.38. The van der Waals surface area contributed by atoms with E-state index in [-0.39, 0.29) is 12.2 Å². The average Bonchev–Trinajstić information content (AvgIpc) is 2.29. The van der Waals surface area contributed by atoms with Crippen molar-refractivity contribution in [3.8, 4) is 0 Å². The monoisotopic (exact) mass is 302 g/mol. The predicted molar refractivity (Wildman–Crippen MR) is 74.9 cm³/mol. The van der Waals surface area contributed by atoms with Crippen molar-refractivity contribution in [3.63, 3.8) is 0 Å². The van der Waals surface area contributed by atoms with E-state index in [0.717, 1.165) is 0 Å². The first kappa shape index (κ1) is 16.6. The summed E-state index contributed by atoms with van der Waals surface area (Å²) in [5.74, 6) is -2.74. The minimum Gasteiger partial charge on any atom is -0.481 e. The molecule has 0 aliphatic carbocycles. The Labute approximate surface area is 118 Å². The highest BCUT2D eigenvalue weighted by Gasteiger charge is 2.31. The lowest BCUT2D eigenvalue weighted by Gasteiger charge is -2.20. The number of rotatable bonds is 5. The van der Waals surface area contributed by atoms with Crippen molar-refractivity contribution >= 4 is 15.8 Å². The zero-order chi connectivity index (χ0) is 15.6. The van der Waals surface area contributed by atoms with E-state index in [1.807, 2.05) is 0 Å². The van der Waals surface area contributed by atoms with Crippen molar-refractivity contribution < 1.29 is 22.7 Å². The molecule has 0 heterocycles. The molecule has 0 fully saturated rings. The lowest BCUT2D eigenvalue weighted by atomic mass is 9.97. The van der Waals surface area contributed by atoms with Gasteiger partial charge in [0, 0.05) is 0 Å². The second kappa shape index (κ2) is 5.91. The van der Waals surface area contributed by atoms with Crippen LogP contribution in [0.2, 0.25) is 0 Å². The van der Waals surface area contributed by atoms with Crippen molar-refractivity contribution in [2.75, 3.05) is 5.75 Å². The number of carboxylic acids is 1. The topological polar surface area (TPSA) is 71.4 Å². The average molecular weight is 302 g/mol. The third kappa shape index (κ3) is 4.03. The van der Waals surface area contributed by atoms with Gasteiger partial charge in [-0.15, -0.1) is 0 Å². The molecule has 0 amide bonds. The van der Waals surface area contributed by atoms with E-state index in [2.05, 4.69) is 0 Å². The van der Waals surface area contributed by atoms with Crippen molar-refractivity contribution in [2.45, 2.75) is 37.9 Å². The Hall–Kier alpha value is -1.43. The van der Waals surface area contributed by atoms with Gasteiger partial charge >= 0.3 is 5.97 Å². The van der Waals surface area contributed by atoms with Gasteiger partial charge in [0.05, 0.1) is 16.4 Å². The molecule has 112 valence electrons. The third-order valence-electron chi connectivity index (χ3n) is 3.18. The fourth-order valence-corrected chi connectivity index (χ4v) is 2.87. The van der Waals surface area contributed by atoms with E-state index >= 15 is 0 Å². The van der Waals surface area contributed by atoms with E-state index in [4.69, 9.17) is 0 Å². The van der Waals surface area contributed by atoms with Crippen molar-refractivity contribution in [3.05, 3.63) is 35.6 Å². The van der Waals surface area contributed by atoms with Crippen LogP contribution in [0.1, 0.15) is 38.7 Å². The second-order valence-electron chi connectivity index (χ2n) is 5.66. The van der Waals surface area contributed by atoms with Crippen LogP contribution in [0.5, 0.6) is 0 Å². The van der Waals surface area contributed by atoms with Crippen LogP contribution in [0.25, 0.3) is 0 Å². The Balaban J connectivity index is 2.91. The maximum absolute atomic E-state index is 12.8. The fraction of sp³-hybridized carbons (Fsp3) is 0.500. The molecule has 0 aliphatic heterocycles. The first-order valence-corrected chi connectivity index (χ1v) is 7.90. The van der Waals surface area contributed by atoms with Crippen molar-refractivity contribution in [1.82, 2.24) is 0 Å². The summed E-state index contributed by atoms with van der Waals surface area (Å²) in [6.07, 6.45) is -0.0272. The zero-order valence-electron chi connectivity index (χ0n) is 11.8. The van der Waals surface area contributed by atoms with Gasteiger partial charge in [-0.2, -0.15) is 0 Å². The Kier molecular flexibility index (Phi) is 4.91. The smallest absolute Gasteiger partial charge is 0.311 e. The van der Waals surface area contributed by atoms with Crippen LogP contribution >= 0.6 is 0 Å².